The molecule has 0 radical (unpaired) electrons. The summed E-state index contributed by atoms with van der Waals surface area (Å²) in [6, 6.07) is 13.2. The molecular weight excluding hydrogens is 489 g/mol. The van der Waals surface area contributed by atoms with Crippen molar-refractivity contribution in [1.82, 2.24) is 10.2 Å². The molecule has 6 nitrogen and oxygen atoms in total. The van der Waals surface area contributed by atoms with Gasteiger partial charge < -0.3 is 5.32 Å². The second kappa shape index (κ2) is 10.1. The number of aliphatic imine (C=N–C) groups is 1. The van der Waals surface area contributed by atoms with E-state index in [1.54, 1.807) is 11.0 Å². The molecule has 1 spiro atoms. The highest BCUT2D eigenvalue weighted by Gasteiger charge is 2.54. The highest BCUT2D eigenvalue weighted by atomic mass is 19.1. The Morgan fingerprint density at radius 1 is 1.10 bits per heavy atom. The Bertz CT molecular complexity index is 1310. The zero-order chi connectivity index (χ0) is 27.2. The summed E-state index contributed by atoms with van der Waals surface area (Å²) >= 11 is 0. The number of nitrogens with one attached hydrogen (secondary N) is 2. The van der Waals surface area contributed by atoms with Crippen LogP contribution in [0.3, 0.4) is 0 Å². The third-order valence-corrected chi connectivity index (χ3v) is 9.00. The lowest BCUT2D eigenvalue weighted by molar-refractivity contribution is 0.124. The number of halogens is 1. The molecule has 4 aliphatic rings. The summed E-state index contributed by atoms with van der Waals surface area (Å²) in [5.74, 6) is 0.442. The van der Waals surface area contributed by atoms with Crippen LogP contribution in [0.15, 0.2) is 53.5 Å². The topological polar surface area (TPSA) is 60.0 Å². The Morgan fingerprint density at radius 2 is 1.90 bits per heavy atom. The van der Waals surface area contributed by atoms with Gasteiger partial charge in [-0.15, -0.1) is 0 Å². The second-order valence-corrected chi connectivity index (χ2v) is 12.4. The molecule has 2 aromatic carbocycles. The molecule has 3 aliphatic heterocycles. The third kappa shape index (κ3) is 4.97. The number of hydrogen-bond acceptors (Lipinski definition) is 4. The van der Waals surface area contributed by atoms with Gasteiger partial charge in [-0.3, -0.25) is 20.1 Å². The minimum Gasteiger partial charge on any atom is -0.376 e. The highest BCUT2D eigenvalue weighted by molar-refractivity contribution is 6.19. The summed E-state index contributed by atoms with van der Waals surface area (Å²) in [5.41, 5.74) is 3.61. The summed E-state index contributed by atoms with van der Waals surface area (Å²) in [5, 5.41) is 6.86. The molecule has 2 amide bonds. The number of likely N-dealkylation sites (tertiary alicyclic amines) is 1. The zero-order valence-electron chi connectivity index (χ0n) is 23.3. The molecular formula is C32H40FN5O. The van der Waals surface area contributed by atoms with Gasteiger partial charge in [-0.05, 0) is 75.8 Å². The number of nitrogens with zero attached hydrogens (tertiary/aromatic N) is 3. The molecule has 1 saturated carbocycles. The van der Waals surface area contributed by atoms with Crippen LogP contribution in [0.5, 0.6) is 0 Å². The molecule has 2 saturated heterocycles. The number of anilines is 2. The average molecular weight is 530 g/mol. The van der Waals surface area contributed by atoms with Gasteiger partial charge in [0, 0.05) is 30.5 Å². The Hall–Kier alpha value is -3.19. The van der Waals surface area contributed by atoms with E-state index in [0.29, 0.717) is 5.69 Å². The largest absolute Gasteiger partial charge is 0.376 e. The smallest absolute Gasteiger partial charge is 0.328 e. The van der Waals surface area contributed by atoms with Crippen molar-refractivity contribution in [3.63, 3.8) is 0 Å². The maximum atomic E-state index is 14.3. The van der Waals surface area contributed by atoms with Crippen LogP contribution in [-0.4, -0.2) is 46.5 Å². The van der Waals surface area contributed by atoms with Crippen molar-refractivity contribution in [2.45, 2.75) is 95.4 Å². The van der Waals surface area contributed by atoms with Gasteiger partial charge in [0.15, 0.2) is 0 Å². The van der Waals surface area contributed by atoms with Gasteiger partial charge in [0.1, 0.15) is 17.2 Å². The first kappa shape index (κ1) is 26.1. The van der Waals surface area contributed by atoms with E-state index in [-0.39, 0.29) is 29.5 Å². The number of carbonyl (C=O) groups excluding carboxylic acids is 1. The number of carbonyl (C=O) groups is 1. The molecule has 2 aromatic rings. The van der Waals surface area contributed by atoms with Crippen molar-refractivity contribution >= 4 is 29.3 Å². The van der Waals surface area contributed by atoms with Crippen LogP contribution in [0, 0.1) is 5.82 Å². The van der Waals surface area contributed by atoms with Gasteiger partial charge in [-0.1, -0.05) is 55.7 Å². The van der Waals surface area contributed by atoms with Crippen LogP contribution in [0.1, 0.15) is 76.8 Å². The predicted molar refractivity (Wildman–Crippen MR) is 157 cm³/mol. The lowest BCUT2D eigenvalue weighted by atomic mass is 9.81. The molecule has 2 unspecified atom stereocenters. The zero-order valence-corrected chi connectivity index (χ0v) is 23.3. The van der Waals surface area contributed by atoms with E-state index in [4.69, 9.17) is 4.99 Å². The first-order chi connectivity index (χ1) is 18.7. The van der Waals surface area contributed by atoms with Crippen LogP contribution in [0.4, 0.5) is 20.6 Å². The monoisotopic (exact) mass is 529 g/mol. The third-order valence-electron chi connectivity index (χ3n) is 9.00. The fraction of sp³-hybridized carbons (Fsp3) is 0.500. The molecule has 3 fully saturated rings. The summed E-state index contributed by atoms with van der Waals surface area (Å²) in [7, 11) is 0. The molecule has 2 N–H and O–H groups in total. The Kier molecular flexibility index (Phi) is 6.74. The molecule has 3 heterocycles. The van der Waals surface area contributed by atoms with Gasteiger partial charge in [0.2, 0.25) is 0 Å². The van der Waals surface area contributed by atoms with Gasteiger partial charge in [-0.2, -0.15) is 0 Å². The minimum atomic E-state index is -0.600. The van der Waals surface area contributed by atoms with Crippen LogP contribution in [0.25, 0.3) is 6.08 Å². The van der Waals surface area contributed by atoms with Crippen LogP contribution < -0.4 is 15.5 Å². The number of hydrogen-bond donors (Lipinski definition) is 2. The van der Waals surface area contributed by atoms with Gasteiger partial charge >= 0.3 is 6.03 Å². The van der Waals surface area contributed by atoms with Gasteiger partial charge in [-0.25, -0.2) is 9.18 Å². The predicted octanol–water partition coefficient (Wildman–Crippen LogP) is 6.73. The van der Waals surface area contributed by atoms with E-state index in [9.17, 15) is 9.18 Å². The van der Waals surface area contributed by atoms with Crippen molar-refractivity contribution in [1.29, 1.82) is 0 Å². The minimum absolute atomic E-state index is 0.0908. The van der Waals surface area contributed by atoms with Crippen molar-refractivity contribution in [3.8, 4) is 0 Å². The summed E-state index contributed by atoms with van der Waals surface area (Å²) in [6.07, 6.45) is 11.7. The van der Waals surface area contributed by atoms with Crippen molar-refractivity contribution in [3.05, 3.63) is 65.5 Å². The first-order valence-electron chi connectivity index (χ1n) is 14.5. The molecule has 2 atom stereocenters. The summed E-state index contributed by atoms with van der Waals surface area (Å²) < 4.78 is 14.3. The molecule has 6 rings (SSSR count). The fourth-order valence-corrected chi connectivity index (χ4v) is 6.94. The highest BCUT2D eigenvalue weighted by Crippen LogP contribution is 2.42. The molecule has 0 aromatic heterocycles. The van der Waals surface area contributed by atoms with E-state index >= 15 is 0 Å². The van der Waals surface area contributed by atoms with E-state index < -0.39 is 5.54 Å². The molecule has 7 heteroatoms. The lowest BCUT2D eigenvalue weighted by Crippen LogP contribution is -2.59. The van der Waals surface area contributed by atoms with Crippen LogP contribution in [0.2, 0.25) is 0 Å². The Balaban J connectivity index is 1.31. The second-order valence-electron chi connectivity index (χ2n) is 12.4. The van der Waals surface area contributed by atoms with Gasteiger partial charge in [0.05, 0.1) is 11.6 Å². The Morgan fingerprint density at radius 3 is 2.67 bits per heavy atom. The molecule has 1 aliphatic carbocycles. The maximum absolute atomic E-state index is 14.3. The van der Waals surface area contributed by atoms with Crippen LogP contribution in [-0.2, 0) is 6.54 Å². The normalized spacial score (nSPS) is 28.0. The molecule has 0 bridgehead atoms. The first-order valence-corrected chi connectivity index (χ1v) is 14.5. The maximum Gasteiger partial charge on any atom is 0.328 e. The van der Waals surface area contributed by atoms with Crippen molar-refractivity contribution in [2.24, 2.45) is 4.99 Å². The number of urea groups is 1. The SMILES string of the molecule is CC1CC2(CCN1Cc1cccc3c1NC(C)(C)C=C3)C(=NC1CCCCC1)NC(=O)N2c1cccc(F)c1. The Labute approximate surface area is 231 Å². The molecule has 206 valence electrons. The summed E-state index contributed by atoms with van der Waals surface area (Å²) in [6.45, 7) is 8.27. The number of para-hydroxylation sites is 1. The molecule has 39 heavy (non-hydrogen) atoms. The average Bonchev–Trinajstić information content (AvgIpc) is 3.16. The number of rotatable bonds is 4. The number of fused-ring (bicyclic) bond motifs is 1. The quantitative estimate of drug-likeness (QED) is 0.462. The van der Waals surface area contributed by atoms with E-state index in [1.165, 1.54) is 48.2 Å². The standard InChI is InChI=1S/C32H40FN5O/c1-22-20-32(17-18-37(22)21-24-10-7-9-23-15-16-31(2,3)36-28(23)24)29(34-26-12-5-4-6-13-26)35-30(39)38(32)27-14-8-11-25(33)19-27/h7-11,14-16,19,22,26,36H,4-6,12-13,17-18,20-21H2,1-3H3,(H,34,35,39). The number of amides is 2. The van der Waals surface area contributed by atoms with E-state index in [2.05, 4.69) is 66.7 Å². The fourth-order valence-electron chi connectivity index (χ4n) is 6.94. The van der Waals surface area contributed by atoms with Crippen molar-refractivity contribution < 1.29 is 9.18 Å². The van der Waals surface area contributed by atoms with Gasteiger partial charge in [0.25, 0.3) is 0 Å². The van der Waals surface area contributed by atoms with E-state index in [1.807, 2.05) is 6.07 Å². The number of amidine groups is 1. The van der Waals surface area contributed by atoms with E-state index in [0.717, 1.165) is 44.6 Å². The van der Waals surface area contributed by atoms with Crippen molar-refractivity contribution in [2.75, 3.05) is 16.8 Å². The number of benzene rings is 2. The number of piperidine rings is 1. The lowest BCUT2D eigenvalue weighted by Gasteiger charge is -2.47. The summed E-state index contributed by atoms with van der Waals surface area (Å²) in [4.78, 5) is 23.0. The van der Waals surface area contributed by atoms with Crippen LogP contribution >= 0.6 is 0 Å².